The number of amides is 5. The lowest BCUT2D eigenvalue weighted by Gasteiger charge is -2.39. The molecule has 1 saturated carbocycles. The highest BCUT2D eigenvalue weighted by Gasteiger charge is 2.46. The van der Waals surface area contributed by atoms with E-state index < -0.39 is 47.7 Å². The number of nitrogens with zero attached hydrogens (tertiary/aromatic N) is 9. The van der Waals surface area contributed by atoms with E-state index in [1.807, 2.05) is 6.07 Å². The highest BCUT2D eigenvalue weighted by Crippen LogP contribution is 2.37. The van der Waals surface area contributed by atoms with E-state index in [2.05, 4.69) is 47.9 Å². The van der Waals surface area contributed by atoms with Crippen LogP contribution in [0.1, 0.15) is 107 Å². The number of morpholine rings is 1. The average molecular weight is 883 g/mol. The van der Waals surface area contributed by atoms with Crippen LogP contribution in [-0.2, 0) is 14.3 Å². The molecule has 8 heterocycles. The fourth-order valence-electron chi connectivity index (χ4n) is 10.6. The Bertz CT molecular complexity index is 2480. The summed E-state index contributed by atoms with van der Waals surface area (Å²) in [4.78, 5) is 77.1. The number of hydrogen-bond acceptors (Lipinski definition) is 13. The maximum Gasteiger partial charge on any atom is 0.284 e. The predicted molar refractivity (Wildman–Crippen MR) is 228 cm³/mol. The van der Waals surface area contributed by atoms with Gasteiger partial charge in [0, 0.05) is 56.7 Å². The molecular weight excluding hydrogens is 831 g/mol. The van der Waals surface area contributed by atoms with Gasteiger partial charge in [0.15, 0.2) is 11.3 Å². The number of carbonyl (C=O) groups excluding carboxylic acids is 5. The van der Waals surface area contributed by atoms with Crippen molar-refractivity contribution < 1.29 is 37.5 Å². The summed E-state index contributed by atoms with van der Waals surface area (Å²) in [5.74, 6) is -1.47. The Morgan fingerprint density at radius 1 is 1.00 bits per heavy atom. The molecule has 2 bridgehead atoms. The third-order valence-corrected chi connectivity index (χ3v) is 14.1. The Kier molecular flexibility index (Phi) is 11.4. The fourth-order valence-corrected chi connectivity index (χ4v) is 10.6. The van der Waals surface area contributed by atoms with Gasteiger partial charge in [-0.3, -0.25) is 38.9 Å². The number of aromatic nitrogens is 5. The number of alkyl halides is 2. The molecule has 20 heteroatoms. The number of nitrogens with one attached hydrogen (secondary N) is 3. The molecule has 3 aromatic heterocycles. The predicted octanol–water partition coefficient (Wildman–Crippen LogP) is 3.73. The number of hydrogen-bond donors (Lipinski definition) is 3. The fraction of sp³-hybridized carbons (Fsp3) is 0.545. The lowest BCUT2D eigenvalue weighted by atomic mass is 9.85. The van der Waals surface area contributed by atoms with Crippen molar-refractivity contribution in [3.05, 3.63) is 65.2 Å². The summed E-state index contributed by atoms with van der Waals surface area (Å²) in [7, 11) is 2.18. The molecule has 0 radical (unpaired) electrons. The van der Waals surface area contributed by atoms with Crippen LogP contribution in [0.4, 0.5) is 26.0 Å². The Balaban J connectivity index is 0.683. The van der Waals surface area contributed by atoms with Crippen LogP contribution < -0.4 is 20.9 Å². The number of anilines is 3. The van der Waals surface area contributed by atoms with Crippen LogP contribution >= 0.6 is 0 Å². The van der Waals surface area contributed by atoms with Gasteiger partial charge >= 0.3 is 0 Å². The number of benzene rings is 1. The van der Waals surface area contributed by atoms with Crippen LogP contribution in [0.3, 0.4) is 0 Å². The van der Waals surface area contributed by atoms with E-state index in [1.54, 1.807) is 29.1 Å². The smallest absolute Gasteiger partial charge is 0.284 e. The van der Waals surface area contributed by atoms with Crippen LogP contribution in [0.25, 0.3) is 5.65 Å². The average Bonchev–Trinajstić information content (AvgIpc) is 4.14. The van der Waals surface area contributed by atoms with Crippen molar-refractivity contribution in [3.8, 4) is 0 Å². The van der Waals surface area contributed by atoms with Crippen molar-refractivity contribution in [1.29, 1.82) is 0 Å². The highest BCUT2D eigenvalue weighted by molar-refractivity contribution is 6.25. The summed E-state index contributed by atoms with van der Waals surface area (Å²) >= 11 is 0. The molecule has 1 aliphatic carbocycles. The normalized spacial score (nSPS) is 25.3. The van der Waals surface area contributed by atoms with Gasteiger partial charge in [-0.05, 0) is 95.6 Å². The van der Waals surface area contributed by atoms with Crippen molar-refractivity contribution in [2.45, 2.75) is 94.5 Å². The van der Waals surface area contributed by atoms with E-state index >= 15 is 0 Å². The maximum absolute atomic E-state index is 14.3. The highest BCUT2D eigenvalue weighted by atomic mass is 19.3. The van der Waals surface area contributed by atoms with Gasteiger partial charge in [0.2, 0.25) is 11.8 Å². The molecule has 10 rings (SSSR count). The SMILES string of the molecule is CN(CC1CCC(n2cc(NC(=O)c3cnn4ccc(N5C[C@H]6C[C@@H]5CO6)nc34)c(C(F)F)n2)CC1)C1CCN(CCNc2cccc3c2C(=O)N(C2CCC(=O)NC2=O)C3=O)CC1. The van der Waals surface area contributed by atoms with Gasteiger partial charge in [-0.25, -0.2) is 18.3 Å². The first-order chi connectivity index (χ1) is 31.0. The van der Waals surface area contributed by atoms with Gasteiger partial charge in [0.05, 0.1) is 47.8 Å². The summed E-state index contributed by atoms with van der Waals surface area (Å²) in [6, 6.07) is 6.56. The zero-order chi connectivity index (χ0) is 44.2. The van der Waals surface area contributed by atoms with Crippen molar-refractivity contribution in [2.24, 2.45) is 5.92 Å². The minimum atomic E-state index is -2.87. The van der Waals surface area contributed by atoms with Crippen LogP contribution in [0.2, 0.25) is 0 Å². The zero-order valence-electron chi connectivity index (χ0n) is 35.6. The molecule has 4 aromatic rings. The monoisotopic (exact) mass is 882 g/mol. The van der Waals surface area contributed by atoms with Crippen LogP contribution in [0, 0.1) is 5.92 Å². The topological polar surface area (TPSA) is 192 Å². The van der Waals surface area contributed by atoms with Gasteiger partial charge in [0.25, 0.3) is 24.1 Å². The number of halogens is 2. The van der Waals surface area contributed by atoms with Gasteiger partial charge in [0.1, 0.15) is 17.4 Å². The molecule has 1 unspecified atom stereocenters. The van der Waals surface area contributed by atoms with E-state index in [0.717, 1.165) is 88.4 Å². The maximum atomic E-state index is 14.3. The quantitative estimate of drug-likeness (QED) is 0.165. The minimum Gasteiger partial charge on any atom is -0.383 e. The number of ether oxygens (including phenoxy) is 1. The Morgan fingerprint density at radius 3 is 2.55 bits per heavy atom. The van der Waals surface area contributed by atoms with Gasteiger partial charge < -0.3 is 30.1 Å². The molecule has 5 fully saturated rings. The summed E-state index contributed by atoms with van der Waals surface area (Å²) in [6.45, 7) is 5.49. The Labute approximate surface area is 367 Å². The number of rotatable bonds is 13. The molecule has 5 amide bonds. The Hall–Kier alpha value is -5.86. The molecule has 6 aliphatic rings. The van der Waals surface area contributed by atoms with Gasteiger partial charge in [-0.15, -0.1) is 0 Å². The number of likely N-dealkylation sites (tertiary alicyclic amines) is 1. The van der Waals surface area contributed by atoms with Crippen molar-refractivity contribution in [1.82, 2.24) is 44.4 Å². The summed E-state index contributed by atoms with van der Waals surface area (Å²) < 4.78 is 37.5. The van der Waals surface area contributed by atoms with Crippen LogP contribution in [0.15, 0.2) is 42.9 Å². The molecule has 338 valence electrons. The minimum absolute atomic E-state index is 0.0120. The van der Waals surface area contributed by atoms with Gasteiger partial charge in [-0.2, -0.15) is 10.2 Å². The second-order valence-electron chi connectivity index (χ2n) is 18.1. The van der Waals surface area contributed by atoms with Crippen molar-refractivity contribution in [3.63, 3.8) is 0 Å². The standard InChI is InChI=1S/C44H52F2N12O6/c1-53(26-11-15-54(16-12-26)18-14-47-32-4-2-3-30-37(32)44(63)58(43(30)62)34-9-10-36(59)51-42(34)61)21-25-5-7-27(8-6-25)57-23-33(38(52-57)39(45)46)49-41(60)31-20-48-56-17-13-35(50-40(31)56)55-22-29-19-28(55)24-64-29/h2-4,13,17,20,23,25-29,34,39,47H,5-12,14-16,18-19,21-22,24H2,1H3,(H,49,60)(H,51,59,61)/t25?,27?,28-,29-,34?/m1/s1. The van der Waals surface area contributed by atoms with E-state index in [4.69, 9.17) is 9.72 Å². The van der Waals surface area contributed by atoms with Crippen LogP contribution in [-0.4, -0.2) is 146 Å². The first-order valence-electron chi connectivity index (χ1n) is 22.4. The molecule has 4 saturated heterocycles. The van der Waals surface area contributed by atoms with E-state index in [0.29, 0.717) is 36.4 Å². The van der Waals surface area contributed by atoms with Crippen LogP contribution in [0.5, 0.6) is 0 Å². The first kappa shape index (κ1) is 42.1. The number of fused-ring (bicyclic) bond motifs is 4. The first-order valence-corrected chi connectivity index (χ1v) is 22.4. The molecule has 3 atom stereocenters. The molecule has 64 heavy (non-hydrogen) atoms. The Morgan fingerprint density at radius 2 is 1.81 bits per heavy atom. The van der Waals surface area contributed by atoms with E-state index in [9.17, 15) is 32.8 Å². The molecule has 1 aromatic carbocycles. The number of piperidine rings is 2. The summed E-state index contributed by atoms with van der Waals surface area (Å²) in [5, 5.41) is 16.9. The third-order valence-electron chi connectivity index (χ3n) is 14.1. The van der Waals surface area contributed by atoms with Crippen molar-refractivity contribution >= 4 is 52.4 Å². The number of carbonyl (C=O) groups is 5. The van der Waals surface area contributed by atoms with E-state index in [-0.39, 0.29) is 53.4 Å². The summed E-state index contributed by atoms with van der Waals surface area (Å²) in [6.07, 6.45) is 8.62. The number of imide groups is 2. The zero-order valence-corrected chi connectivity index (χ0v) is 35.6. The molecule has 0 spiro atoms. The third kappa shape index (κ3) is 7.99. The second-order valence-corrected chi connectivity index (χ2v) is 18.1. The lowest BCUT2D eigenvalue weighted by molar-refractivity contribution is -0.136. The molecule has 3 N–H and O–H groups in total. The van der Waals surface area contributed by atoms with Crippen molar-refractivity contribution in [2.75, 3.05) is 68.5 Å². The van der Waals surface area contributed by atoms with E-state index in [1.165, 1.54) is 16.9 Å². The van der Waals surface area contributed by atoms with Gasteiger partial charge in [-0.1, -0.05) is 6.07 Å². The summed E-state index contributed by atoms with van der Waals surface area (Å²) in [5.41, 5.74) is 1.14. The molecule has 18 nitrogen and oxygen atoms in total. The second kappa shape index (κ2) is 17.3. The lowest BCUT2D eigenvalue weighted by Crippen LogP contribution is -2.54. The molecule has 5 aliphatic heterocycles. The largest absolute Gasteiger partial charge is 0.383 e. The molecular formula is C44H52F2N12O6.